The summed E-state index contributed by atoms with van der Waals surface area (Å²) in [4.78, 5) is 0. The molecule has 1 rings (SSSR count). The lowest BCUT2D eigenvalue weighted by Crippen LogP contribution is -2.56. The predicted molar refractivity (Wildman–Crippen MR) is 78.6 cm³/mol. The molecule has 0 aromatic heterocycles. The van der Waals surface area contributed by atoms with E-state index >= 15 is 0 Å². The molecule has 0 bridgehead atoms. The van der Waals surface area contributed by atoms with Crippen LogP contribution in [0.25, 0.3) is 0 Å². The summed E-state index contributed by atoms with van der Waals surface area (Å²) in [6, 6.07) is 0. The van der Waals surface area contributed by atoms with Crippen molar-refractivity contribution < 1.29 is 13.2 Å². The Bertz CT molecular complexity index is 389. The van der Waals surface area contributed by atoms with Gasteiger partial charge in [-0.25, -0.2) is 8.42 Å². The van der Waals surface area contributed by atoms with E-state index in [2.05, 4.69) is 20.8 Å². The molecule has 0 atom stereocenters. The Morgan fingerprint density at radius 1 is 1.11 bits per heavy atom. The highest BCUT2D eigenvalue weighted by Gasteiger charge is 2.43. The first-order valence-electron chi connectivity index (χ1n) is 7.02. The highest BCUT2D eigenvalue weighted by Crippen LogP contribution is 2.37. The Balaban J connectivity index is 2.96. The van der Waals surface area contributed by atoms with E-state index < -0.39 is 15.6 Å². The normalized spacial score (nSPS) is 19.9. The largest absolute Gasteiger partial charge is 0.381 e. The number of nitrogens with zero attached hydrogens (tertiary/aromatic N) is 1. The van der Waals surface area contributed by atoms with Crippen LogP contribution in [0.15, 0.2) is 0 Å². The molecule has 0 N–H and O–H groups in total. The van der Waals surface area contributed by atoms with Crippen molar-refractivity contribution in [1.82, 2.24) is 4.31 Å². The lowest BCUT2D eigenvalue weighted by atomic mass is 9.76. The summed E-state index contributed by atoms with van der Waals surface area (Å²) in [6.07, 6.45) is 3.22. The smallest absolute Gasteiger partial charge is 0.211 e. The molecule has 0 unspecified atom stereocenters. The molecule has 4 nitrogen and oxygen atoms in total. The molecular formula is C14H29NO3S. The Hall–Kier alpha value is -0.130. The van der Waals surface area contributed by atoms with Crippen molar-refractivity contribution in [3.63, 3.8) is 0 Å². The average molecular weight is 291 g/mol. The SMILES string of the molecule is CC(C)(C)C(C)(C)N(CC1CCOCC1)S(C)(=O)=O. The van der Waals surface area contributed by atoms with Gasteiger partial charge in [0.1, 0.15) is 0 Å². The van der Waals surface area contributed by atoms with Crippen LogP contribution in [-0.4, -0.2) is 44.3 Å². The van der Waals surface area contributed by atoms with Crippen molar-refractivity contribution in [2.75, 3.05) is 26.0 Å². The molecule has 1 aliphatic heterocycles. The maximum Gasteiger partial charge on any atom is 0.211 e. The minimum atomic E-state index is -3.21. The van der Waals surface area contributed by atoms with Gasteiger partial charge < -0.3 is 4.74 Å². The van der Waals surface area contributed by atoms with Gasteiger partial charge in [0.2, 0.25) is 10.0 Å². The summed E-state index contributed by atoms with van der Waals surface area (Å²) < 4.78 is 31.4. The molecule has 1 fully saturated rings. The Kier molecular flexibility index (Phi) is 5.08. The van der Waals surface area contributed by atoms with Gasteiger partial charge in [-0.2, -0.15) is 4.31 Å². The molecule has 0 amide bonds. The number of rotatable bonds is 4. The van der Waals surface area contributed by atoms with E-state index in [9.17, 15) is 8.42 Å². The van der Waals surface area contributed by atoms with Gasteiger partial charge in [-0.15, -0.1) is 0 Å². The molecule has 114 valence electrons. The lowest BCUT2D eigenvalue weighted by molar-refractivity contribution is 0.0330. The van der Waals surface area contributed by atoms with Crippen LogP contribution in [0, 0.1) is 11.3 Å². The second-order valence-corrected chi connectivity index (χ2v) is 9.07. The van der Waals surface area contributed by atoms with Gasteiger partial charge in [0.15, 0.2) is 0 Å². The number of hydrogen-bond acceptors (Lipinski definition) is 3. The Morgan fingerprint density at radius 2 is 1.58 bits per heavy atom. The third-order valence-corrected chi connectivity index (χ3v) is 6.03. The summed E-state index contributed by atoms with van der Waals surface area (Å²) >= 11 is 0. The van der Waals surface area contributed by atoms with E-state index in [-0.39, 0.29) is 5.41 Å². The van der Waals surface area contributed by atoms with Crippen molar-refractivity contribution in [1.29, 1.82) is 0 Å². The fourth-order valence-corrected chi connectivity index (χ4v) is 3.90. The molecular weight excluding hydrogens is 262 g/mol. The fourth-order valence-electron chi connectivity index (χ4n) is 2.32. The van der Waals surface area contributed by atoms with Gasteiger partial charge in [-0.05, 0) is 38.0 Å². The fraction of sp³-hybridized carbons (Fsp3) is 1.00. The minimum absolute atomic E-state index is 0.110. The summed E-state index contributed by atoms with van der Waals surface area (Å²) in [5.74, 6) is 0.407. The van der Waals surface area contributed by atoms with E-state index in [1.807, 2.05) is 13.8 Å². The molecule has 0 radical (unpaired) electrons. The van der Waals surface area contributed by atoms with Crippen LogP contribution in [0.5, 0.6) is 0 Å². The zero-order valence-electron chi connectivity index (χ0n) is 13.2. The quantitative estimate of drug-likeness (QED) is 0.799. The van der Waals surface area contributed by atoms with Crippen LogP contribution < -0.4 is 0 Å². The molecule has 1 heterocycles. The van der Waals surface area contributed by atoms with Gasteiger partial charge in [0.05, 0.1) is 6.26 Å². The molecule has 0 spiro atoms. The van der Waals surface area contributed by atoms with E-state index in [4.69, 9.17) is 4.74 Å². The highest BCUT2D eigenvalue weighted by molar-refractivity contribution is 7.88. The maximum atomic E-state index is 12.2. The summed E-state index contributed by atoms with van der Waals surface area (Å²) in [6.45, 7) is 12.4. The summed E-state index contributed by atoms with van der Waals surface area (Å²) in [5.41, 5.74) is -0.514. The number of ether oxygens (including phenoxy) is 1. The van der Waals surface area contributed by atoms with Gasteiger partial charge in [-0.3, -0.25) is 0 Å². The maximum absolute atomic E-state index is 12.2. The standard InChI is InChI=1S/C14H29NO3S/c1-13(2,3)14(4,5)15(19(6,16)17)11-12-7-9-18-10-8-12/h12H,7-11H2,1-6H3. The van der Waals surface area contributed by atoms with Crippen molar-refractivity contribution in [2.24, 2.45) is 11.3 Å². The second-order valence-electron chi connectivity index (χ2n) is 7.16. The number of sulfonamides is 1. The minimum Gasteiger partial charge on any atom is -0.381 e. The zero-order valence-corrected chi connectivity index (χ0v) is 14.0. The molecule has 1 saturated heterocycles. The van der Waals surface area contributed by atoms with Crippen molar-refractivity contribution in [3.8, 4) is 0 Å². The first-order chi connectivity index (χ1) is 8.46. The first kappa shape index (κ1) is 16.9. The van der Waals surface area contributed by atoms with Crippen molar-refractivity contribution in [3.05, 3.63) is 0 Å². The van der Waals surface area contributed by atoms with E-state index in [0.29, 0.717) is 12.5 Å². The molecule has 0 aromatic carbocycles. The van der Waals surface area contributed by atoms with Crippen LogP contribution in [0.1, 0.15) is 47.5 Å². The topological polar surface area (TPSA) is 46.6 Å². The lowest BCUT2D eigenvalue weighted by Gasteiger charge is -2.47. The monoisotopic (exact) mass is 291 g/mol. The Morgan fingerprint density at radius 3 is 1.95 bits per heavy atom. The summed E-state index contributed by atoms with van der Waals surface area (Å²) in [7, 11) is -3.21. The third kappa shape index (κ3) is 4.17. The molecule has 1 aliphatic rings. The van der Waals surface area contributed by atoms with E-state index in [0.717, 1.165) is 26.1 Å². The van der Waals surface area contributed by atoms with Crippen LogP contribution in [0.3, 0.4) is 0 Å². The van der Waals surface area contributed by atoms with Crippen molar-refractivity contribution in [2.45, 2.75) is 53.0 Å². The molecule has 0 saturated carbocycles. The van der Waals surface area contributed by atoms with Crippen LogP contribution in [0.4, 0.5) is 0 Å². The van der Waals surface area contributed by atoms with Crippen LogP contribution >= 0.6 is 0 Å². The zero-order chi connectivity index (χ0) is 14.9. The van der Waals surface area contributed by atoms with Gasteiger partial charge >= 0.3 is 0 Å². The van der Waals surface area contributed by atoms with Crippen LogP contribution in [-0.2, 0) is 14.8 Å². The molecule has 0 aliphatic carbocycles. The number of hydrogen-bond donors (Lipinski definition) is 0. The third-order valence-electron chi connectivity index (χ3n) is 4.62. The van der Waals surface area contributed by atoms with Gasteiger partial charge in [0.25, 0.3) is 0 Å². The predicted octanol–water partition coefficient (Wildman–Crippen LogP) is 2.50. The Labute approximate surface area is 118 Å². The molecule has 5 heteroatoms. The van der Waals surface area contributed by atoms with Crippen molar-refractivity contribution >= 4 is 10.0 Å². The second kappa shape index (κ2) is 5.70. The average Bonchev–Trinajstić information content (AvgIpc) is 2.24. The van der Waals surface area contributed by atoms with E-state index in [1.165, 1.54) is 6.26 Å². The summed E-state index contributed by atoms with van der Waals surface area (Å²) in [5, 5.41) is 0. The highest BCUT2D eigenvalue weighted by atomic mass is 32.2. The first-order valence-corrected chi connectivity index (χ1v) is 8.86. The molecule has 0 aromatic rings. The van der Waals surface area contributed by atoms with Gasteiger partial charge in [-0.1, -0.05) is 20.8 Å². The molecule has 19 heavy (non-hydrogen) atoms. The van der Waals surface area contributed by atoms with E-state index in [1.54, 1.807) is 4.31 Å². The van der Waals surface area contributed by atoms with Crippen LogP contribution in [0.2, 0.25) is 0 Å². The van der Waals surface area contributed by atoms with Gasteiger partial charge in [0, 0.05) is 25.3 Å².